The molecule has 38 heavy (non-hydrogen) atoms. The van der Waals surface area contributed by atoms with Crippen LogP contribution in [-0.4, -0.2) is 43.3 Å². The van der Waals surface area contributed by atoms with Gasteiger partial charge in [0.1, 0.15) is 12.6 Å². The number of nitrogens with one attached hydrogen (secondary N) is 1. The maximum atomic E-state index is 13.9. The summed E-state index contributed by atoms with van der Waals surface area (Å²) in [7, 11) is -4.08. The van der Waals surface area contributed by atoms with E-state index in [-0.39, 0.29) is 17.3 Å². The van der Waals surface area contributed by atoms with Crippen molar-refractivity contribution in [3.8, 4) is 0 Å². The Labute approximate surface area is 234 Å². The van der Waals surface area contributed by atoms with Crippen LogP contribution in [0.5, 0.6) is 0 Å². The van der Waals surface area contributed by atoms with Gasteiger partial charge in [0.2, 0.25) is 11.8 Å². The van der Waals surface area contributed by atoms with Crippen LogP contribution in [0.1, 0.15) is 38.8 Å². The number of aryl methyl sites for hydroxylation is 1. The highest BCUT2D eigenvalue weighted by atomic mass is 79.9. The van der Waals surface area contributed by atoms with E-state index in [2.05, 4.69) is 21.2 Å². The molecule has 1 N–H and O–H groups in total. The highest BCUT2D eigenvalue weighted by Crippen LogP contribution is 2.27. The van der Waals surface area contributed by atoms with Crippen LogP contribution in [0.2, 0.25) is 0 Å². The molecule has 0 bridgehead atoms. The molecule has 0 saturated heterocycles. The number of hydrogen-bond acceptors (Lipinski definition) is 4. The number of halogens is 1. The summed E-state index contributed by atoms with van der Waals surface area (Å²) >= 11 is 3.42. The van der Waals surface area contributed by atoms with Gasteiger partial charge in [-0.05, 0) is 76.1 Å². The molecule has 1 atom stereocenters. The van der Waals surface area contributed by atoms with Crippen molar-refractivity contribution in [2.24, 2.45) is 0 Å². The molecule has 3 aromatic carbocycles. The number of amides is 2. The number of carbonyl (C=O) groups excluding carboxylic acids is 2. The van der Waals surface area contributed by atoms with Crippen LogP contribution >= 0.6 is 15.9 Å². The second-order valence-corrected chi connectivity index (χ2v) is 13.0. The van der Waals surface area contributed by atoms with E-state index in [0.717, 1.165) is 14.3 Å². The fourth-order valence-electron chi connectivity index (χ4n) is 3.92. The second-order valence-electron chi connectivity index (χ2n) is 10.2. The van der Waals surface area contributed by atoms with E-state index in [9.17, 15) is 18.0 Å². The first-order valence-electron chi connectivity index (χ1n) is 12.3. The number of nitrogens with zero attached hydrogens (tertiary/aromatic N) is 2. The largest absolute Gasteiger partial charge is 0.350 e. The smallest absolute Gasteiger partial charge is 0.264 e. The normalized spacial score (nSPS) is 12.5. The summed E-state index contributed by atoms with van der Waals surface area (Å²) in [5.74, 6) is -0.816. The molecule has 7 nitrogen and oxygen atoms in total. The third kappa shape index (κ3) is 7.45. The summed E-state index contributed by atoms with van der Waals surface area (Å²) in [5.41, 5.74) is 1.42. The Morgan fingerprint density at radius 2 is 1.50 bits per heavy atom. The van der Waals surface area contributed by atoms with Gasteiger partial charge >= 0.3 is 0 Å². The maximum absolute atomic E-state index is 13.9. The van der Waals surface area contributed by atoms with Gasteiger partial charge in [-0.25, -0.2) is 8.42 Å². The van der Waals surface area contributed by atoms with E-state index in [0.29, 0.717) is 11.3 Å². The van der Waals surface area contributed by atoms with Crippen molar-refractivity contribution in [1.82, 2.24) is 10.2 Å². The minimum atomic E-state index is -4.08. The van der Waals surface area contributed by atoms with Crippen LogP contribution in [0.25, 0.3) is 0 Å². The van der Waals surface area contributed by atoms with Crippen molar-refractivity contribution >= 4 is 43.5 Å². The first kappa shape index (κ1) is 29.4. The van der Waals surface area contributed by atoms with Crippen LogP contribution < -0.4 is 9.62 Å². The predicted molar refractivity (Wildman–Crippen MR) is 154 cm³/mol. The number of anilines is 1. The van der Waals surface area contributed by atoms with Crippen LogP contribution in [0.4, 0.5) is 5.69 Å². The van der Waals surface area contributed by atoms with Gasteiger partial charge in [0.25, 0.3) is 10.0 Å². The van der Waals surface area contributed by atoms with Gasteiger partial charge in [-0.2, -0.15) is 0 Å². The minimum absolute atomic E-state index is 0.0778. The fraction of sp³-hybridized carbons (Fsp3) is 0.310. The molecule has 0 aromatic heterocycles. The zero-order chi connectivity index (χ0) is 28.1. The topological polar surface area (TPSA) is 86.8 Å². The highest BCUT2D eigenvalue weighted by molar-refractivity contribution is 9.10. The van der Waals surface area contributed by atoms with Crippen LogP contribution in [0.15, 0.2) is 88.2 Å². The second kappa shape index (κ2) is 12.1. The Balaban J connectivity index is 2.03. The van der Waals surface area contributed by atoms with Crippen molar-refractivity contribution in [3.05, 3.63) is 94.5 Å². The van der Waals surface area contributed by atoms with Crippen LogP contribution in [-0.2, 0) is 26.2 Å². The average Bonchev–Trinajstić information content (AvgIpc) is 2.86. The Bertz CT molecular complexity index is 1370. The molecular weight excluding hydrogens is 566 g/mol. The standard InChI is InChI=1S/C29H34BrN3O4S/c1-21-11-9-10-14-26(21)33(38(36,37)25-12-7-6-8-13-25)20-27(34)32(19-23-15-17-24(30)18-16-23)22(2)28(35)31-29(3,4)5/h6-18,22H,19-20H2,1-5H3,(H,31,35). The maximum Gasteiger partial charge on any atom is 0.264 e. The van der Waals surface area contributed by atoms with Gasteiger partial charge < -0.3 is 10.2 Å². The fourth-order valence-corrected chi connectivity index (χ4v) is 5.68. The monoisotopic (exact) mass is 599 g/mol. The molecule has 0 fully saturated rings. The zero-order valence-electron chi connectivity index (χ0n) is 22.3. The van der Waals surface area contributed by atoms with Gasteiger partial charge in [0.15, 0.2) is 0 Å². The molecule has 0 aliphatic heterocycles. The van der Waals surface area contributed by atoms with Gasteiger partial charge in [-0.3, -0.25) is 13.9 Å². The molecule has 202 valence electrons. The Morgan fingerprint density at radius 3 is 2.08 bits per heavy atom. The Hall–Kier alpha value is -3.17. The van der Waals surface area contributed by atoms with E-state index in [1.54, 1.807) is 50.2 Å². The lowest BCUT2D eigenvalue weighted by atomic mass is 10.1. The number of rotatable bonds is 9. The van der Waals surface area contributed by atoms with E-state index in [1.165, 1.54) is 17.0 Å². The van der Waals surface area contributed by atoms with E-state index < -0.39 is 34.1 Å². The number of sulfonamides is 1. The zero-order valence-corrected chi connectivity index (χ0v) is 24.7. The van der Waals surface area contributed by atoms with E-state index >= 15 is 0 Å². The molecule has 2 amide bonds. The summed E-state index contributed by atoms with van der Waals surface area (Å²) < 4.78 is 29.6. The molecular formula is C29H34BrN3O4S. The average molecular weight is 601 g/mol. The van der Waals surface area contributed by atoms with Crippen molar-refractivity contribution in [2.45, 2.75) is 57.6 Å². The molecule has 0 radical (unpaired) electrons. The number of carbonyl (C=O) groups is 2. The summed E-state index contributed by atoms with van der Waals surface area (Å²) in [6.45, 7) is 8.72. The molecule has 0 spiro atoms. The molecule has 0 heterocycles. The quantitative estimate of drug-likeness (QED) is 0.362. The third-order valence-corrected chi connectivity index (χ3v) is 8.23. The van der Waals surface area contributed by atoms with E-state index in [1.807, 2.05) is 51.1 Å². The molecule has 0 aliphatic rings. The lowest BCUT2D eigenvalue weighted by Crippen LogP contribution is -2.54. The lowest BCUT2D eigenvalue weighted by Gasteiger charge is -2.33. The highest BCUT2D eigenvalue weighted by Gasteiger charge is 2.33. The van der Waals surface area contributed by atoms with Crippen LogP contribution in [0.3, 0.4) is 0 Å². The van der Waals surface area contributed by atoms with Gasteiger partial charge in [0.05, 0.1) is 10.6 Å². The summed E-state index contributed by atoms with van der Waals surface area (Å²) in [5, 5.41) is 2.93. The first-order chi connectivity index (χ1) is 17.8. The van der Waals surface area contributed by atoms with Gasteiger partial charge in [-0.15, -0.1) is 0 Å². The molecule has 3 rings (SSSR count). The van der Waals surface area contributed by atoms with Crippen molar-refractivity contribution in [2.75, 3.05) is 10.8 Å². The third-order valence-electron chi connectivity index (χ3n) is 5.93. The van der Waals surface area contributed by atoms with Crippen molar-refractivity contribution in [3.63, 3.8) is 0 Å². The number of hydrogen-bond donors (Lipinski definition) is 1. The summed E-state index contributed by atoms with van der Waals surface area (Å²) in [6, 6.07) is 21.6. The van der Waals surface area contributed by atoms with Crippen molar-refractivity contribution in [1.29, 1.82) is 0 Å². The Kier molecular flexibility index (Phi) is 9.38. The lowest BCUT2D eigenvalue weighted by molar-refractivity contribution is -0.140. The SMILES string of the molecule is Cc1ccccc1N(CC(=O)N(Cc1ccc(Br)cc1)C(C)C(=O)NC(C)(C)C)S(=O)(=O)c1ccccc1. The molecule has 3 aromatic rings. The summed E-state index contributed by atoms with van der Waals surface area (Å²) in [4.78, 5) is 28.6. The van der Waals surface area contributed by atoms with Crippen molar-refractivity contribution < 1.29 is 18.0 Å². The van der Waals surface area contributed by atoms with E-state index in [4.69, 9.17) is 0 Å². The minimum Gasteiger partial charge on any atom is -0.350 e. The van der Waals surface area contributed by atoms with Gasteiger partial charge in [0, 0.05) is 16.6 Å². The molecule has 9 heteroatoms. The number of para-hydroxylation sites is 1. The molecule has 0 saturated carbocycles. The molecule has 1 unspecified atom stereocenters. The predicted octanol–water partition coefficient (Wildman–Crippen LogP) is 5.28. The Morgan fingerprint density at radius 1 is 0.921 bits per heavy atom. The van der Waals surface area contributed by atoms with Gasteiger partial charge in [-0.1, -0.05) is 64.5 Å². The summed E-state index contributed by atoms with van der Waals surface area (Å²) in [6.07, 6.45) is 0. The molecule has 0 aliphatic carbocycles. The van der Waals surface area contributed by atoms with Crippen LogP contribution in [0, 0.1) is 6.92 Å². The number of benzene rings is 3. The first-order valence-corrected chi connectivity index (χ1v) is 14.5.